The number of aliphatic carboxylic acids is 1. The molecule has 1 aromatic carbocycles. The standard InChI is InChI=1S/C11H16N2.C7H16N2O.C5H11BO4.C5H13BO2.2C2H6.CH4O/c12-6-8-13-7-5-10-3-1-2-4-11(10)9-13;8-3-6-9-4-1-7(10)2-5-9;7-5(8)3-1-2-4-6(9)10;1-2-3-4-5-6(7)8;3*1-2/h1-4H,5-9,12H2;7,10H,1-6,8H2;9-10H,1-4H2,(H,7,8);7-8H,2-5H2,1H3;2*1-2H3;2H,1H3. The zero-order valence-corrected chi connectivity index (χ0v) is 30.6. The first-order valence-corrected chi connectivity index (χ1v) is 17.6. The highest BCUT2D eigenvalue weighted by Gasteiger charge is 2.15. The number of likely N-dealkylation sites (tertiary alicyclic amines) is 1. The van der Waals surface area contributed by atoms with E-state index in [1.807, 2.05) is 27.7 Å². The second-order valence-electron chi connectivity index (χ2n) is 10.5. The number of carboxylic acids is 1. The average molecular weight is 675 g/mol. The van der Waals surface area contributed by atoms with Gasteiger partial charge in [-0.1, -0.05) is 84.6 Å². The average Bonchev–Trinajstić information content (AvgIpc) is 3.08. The summed E-state index contributed by atoms with van der Waals surface area (Å²) < 4.78 is 0. The third-order valence-corrected chi connectivity index (χ3v) is 6.83. The summed E-state index contributed by atoms with van der Waals surface area (Å²) in [6.45, 7) is 17.8. The quantitative estimate of drug-likeness (QED) is 0.109. The van der Waals surface area contributed by atoms with Gasteiger partial charge in [-0.3, -0.25) is 9.69 Å². The van der Waals surface area contributed by atoms with Crippen molar-refractivity contribution < 1.29 is 40.2 Å². The summed E-state index contributed by atoms with van der Waals surface area (Å²) in [5, 5.41) is 57.6. The Hall–Kier alpha value is -1.58. The summed E-state index contributed by atoms with van der Waals surface area (Å²) in [6, 6.07) is 8.69. The van der Waals surface area contributed by atoms with Crippen molar-refractivity contribution in [2.75, 3.05) is 52.9 Å². The topological polar surface area (TPSA) is 217 Å². The number of fused-ring (bicyclic) bond motifs is 1. The van der Waals surface area contributed by atoms with Gasteiger partial charge in [0.2, 0.25) is 0 Å². The van der Waals surface area contributed by atoms with Crippen molar-refractivity contribution in [3.63, 3.8) is 0 Å². The van der Waals surface area contributed by atoms with E-state index < -0.39 is 20.2 Å². The first-order valence-electron chi connectivity index (χ1n) is 17.6. The van der Waals surface area contributed by atoms with E-state index in [-0.39, 0.29) is 18.8 Å². The molecule has 47 heavy (non-hydrogen) atoms. The molecule has 12 nitrogen and oxygen atoms in total. The van der Waals surface area contributed by atoms with E-state index in [2.05, 4.69) is 41.0 Å². The molecule has 0 atom stereocenters. The maximum absolute atomic E-state index is 9.92. The van der Waals surface area contributed by atoms with Crippen LogP contribution in [0.5, 0.6) is 0 Å². The minimum absolute atomic E-state index is 0.0611. The number of nitrogens with two attached hydrogens (primary N) is 2. The van der Waals surface area contributed by atoms with E-state index in [0.717, 1.165) is 91.6 Å². The SMILES string of the molecule is CC.CC.CCCCCB(O)O.CO.NCCN1CCC(O)CC1.NCCN1CCc2ccccc2C1.O=C(O)CCCCB(O)O. The van der Waals surface area contributed by atoms with Crippen LogP contribution in [-0.2, 0) is 17.8 Å². The van der Waals surface area contributed by atoms with Crippen molar-refractivity contribution in [3.05, 3.63) is 35.4 Å². The van der Waals surface area contributed by atoms with Gasteiger partial charge in [0, 0.05) is 65.9 Å². The van der Waals surface area contributed by atoms with Crippen LogP contribution in [0.1, 0.15) is 97.1 Å². The van der Waals surface area contributed by atoms with Gasteiger partial charge in [-0.05, 0) is 49.5 Å². The lowest BCUT2D eigenvalue weighted by molar-refractivity contribution is -0.137. The molecule has 3 rings (SSSR count). The summed E-state index contributed by atoms with van der Waals surface area (Å²) in [7, 11) is -1.39. The number of carbonyl (C=O) groups is 1. The molecule has 2 aliphatic rings. The second-order valence-corrected chi connectivity index (χ2v) is 10.5. The predicted molar refractivity (Wildman–Crippen MR) is 197 cm³/mol. The molecule has 0 amide bonds. The van der Waals surface area contributed by atoms with Crippen LogP contribution in [0.15, 0.2) is 24.3 Å². The van der Waals surface area contributed by atoms with Gasteiger partial charge in [0.1, 0.15) is 0 Å². The third kappa shape index (κ3) is 37.1. The maximum atomic E-state index is 9.92. The Morgan fingerprint density at radius 1 is 0.787 bits per heavy atom. The number of nitrogens with zero attached hydrogens (tertiary/aromatic N) is 2. The van der Waals surface area contributed by atoms with Crippen LogP contribution in [-0.4, -0.2) is 124 Å². The summed E-state index contributed by atoms with van der Waals surface area (Å²) in [5.74, 6) is -0.840. The van der Waals surface area contributed by atoms with Gasteiger partial charge >= 0.3 is 20.2 Å². The lowest BCUT2D eigenvalue weighted by Gasteiger charge is -2.28. The van der Waals surface area contributed by atoms with Crippen LogP contribution in [0, 0.1) is 0 Å². The molecule has 0 spiro atoms. The molecule has 0 aromatic heterocycles. The van der Waals surface area contributed by atoms with Crippen LogP contribution in [0.2, 0.25) is 12.6 Å². The predicted octanol–water partition coefficient (Wildman–Crippen LogP) is 2.43. The number of carboxylic acid groups (broad SMARTS) is 1. The number of piperidine rings is 1. The number of hydrogen-bond donors (Lipinski definition) is 9. The number of unbranched alkanes of at least 4 members (excludes halogenated alkanes) is 3. The molecule has 14 heteroatoms. The van der Waals surface area contributed by atoms with Crippen molar-refractivity contribution in [2.24, 2.45) is 11.5 Å². The molecule has 0 bridgehead atoms. The van der Waals surface area contributed by atoms with Crippen LogP contribution < -0.4 is 11.5 Å². The molecule has 0 unspecified atom stereocenters. The second kappa shape index (κ2) is 40.6. The molecule has 0 aliphatic carbocycles. The number of benzene rings is 1. The van der Waals surface area contributed by atoms with Gasteiger partial charge in [-0.2, -0.15) is 0 Å². The van der Waals surface area contributed by atoms with Gasteiger partial charge in [-0.25, -0.2) is 0 Å². The molecule has 278 valence electrons. The first-order chi connectivity index (χ1) is 22.6. The lowest BCUT2D eigenvalue weighted by Crippen LogP contribution is -2.38. The zero-order chi connectivity index (χ0) is 36.9. The van der Waals surface area contributed by atoms with E-state index in [9.17, 15) is 4.79 Å². The highest BCUT2D eigenvalue weighted by Crippen LogP contribution is 2.17. The molecule has 1 saturated heterocycles. The molecule has 1 fully saturated rings. The van der Waals surface area contributed by atoms with Crippen molar-refractivity contribution >= 4 is 20.2 Å². The van der Waals surface area contributed by atoms with Gasteiger partial charge in [0.15, 0.2) is 0 Å². The monoisotopic (exact) mass is 675 g/mol. The van der Waals surface area contributed by atoms with E-state index in [0.29, 0.717) is 19.2 Å². The van der Waals surface area contributed by atoms with Crippen molar-refractivity contribution in [2.45, 2.75) is 118 Å². The Morgan fingerprint density at radius 3 is 1.70 bits per heavy atom. The summed E-state index contributed by atoms with van der Waals surface area (Å²) in [5.41, 5.74) is 13.9. The number of aliphatic hydroxyl groups is 2. The Kier molecular flexibility index (Phi) is 45.1. The Morgan fingerprint density at radius 2 is 1.26 bits per heavy atom. The summed E-state index contributed by atoms with van der Waals surface area (Å²) in [4.78, 5) is 14.6. The number of hydrogen-bond acceptors (Lipinski definition) is 11. The Labute approximate surface area is 287 Å². The molecule has 11 N–H and O–H groups in total. The normalized spacial score (nSPS) is 13.7. The zero-order valence-electron chi connectivity index (χ0n) is 30.6. The minimum atomic E-state index is -1.30. The fourth-order valence-electron chi connectivity index (χ4n) is 4.43. The minimum Gasteiger partial charge on any atom is -0.481 e. The molecule has 1 aromatic rings. The fourth-order valence-corrected chi connectivity index (χ4v) is 4.43. The van der Waals surface area contributed by atoms with Gasteiger partial charge < -0.3 is 51.8 Å². The van der Waals surface area contributed by atoms with Crippen molar-refractivity contribution in [3.8, 4) is 0 Å². The van der Waals surface area contributed by atoms with E-state index in [1.54, 1.807) is 0 Å². The highest BCUT2D eigenvalue weighted by molar-refractivity contribution is 6.41. The van der Waals surface area contributed by atoms with Crippen LogP contribution in [0.3, 0.4) is 0 Å². The van der Waals surface area contributed by atoms with Gasteiger partial charge in [0.25, 0.3) is 0 Å². The summed E-state index contributed by atoms with van der Waals surface area (Å²) >= 11 is 0. The molecule has 0 radical (unpaired) electrons. The Bertz CT molecular complexity index is 763. The van der Waals surface area contributed by atoms with Gasteiger partial charge in [-0.15, -0.1) is 0 Å². The first kappa shape index (κ1) is 52.2. The largest absolute Gasteiger partial charge is 0.481 e. The summed E-state index contributed by atoms with van der Waals surface area (Å²) in [6.07, 6.45) is 8.04. The molecule has 2 aliphatic heterocycles. The van der Waals surface area contributed by atoms with Crippen molar-refractivity contribution in [1.29, 1.82) is 0 Å². The van der Waals surface area contributed by atoms with E-state index in [4.69, 9.17) is 46.9 Å². The van der Waals surface area contributed by atoms with Gasteiger partial charge in [0.05, 0.1) is 6.10 Å². The highest BCUT2D eigenvalue weighted by atomic mass is 16.4. The maximum Gasteiger partial charge on any atom is 0.451 e. The Balaban J connectivity index is -0.000000252. The number of rotatable bonds is 13. The van der Waals surface area contributed by atoms with Crippen LogP contribution >= 0.6 is 0 Å². The van der Waals surface area contributed by atoms with E-state index in [1.165, 1.54) is 17.5 Å². The molecule has 2 heterocycles. The van der Waals surface area contributed by atoms with Crippen LogP contribution in [0.25, 0.3) is 0 Å². The molecular formula is C33H72B2N4O8. The molecular weight excluding hydrogens is 602 g/mol. The lowest BCUT2D eigenvalue weighted by atomic mass is 9.83. The molecule has 0 saturated carbocycles. The number of aliphatic hydroxyl groups excluding tert-OH is 2. The van der Waals surface area contributed by atoms with Crippen molar-refractivity contribution in [1.82, 2.24) is 9.80 Å². The third-order valence-electron chi connectivity index (χ3n) is 6.83. The fraction of sp³-hybridized carbons (Fsp3) is 0.788. The van der Waals surface area contributed by atoms with Crippen LogP contribution in [0.4, 0.5) is 0 Å². The van der Waals surface area contributed by atoms with E-state index >= 15 is 0 Å². The smallest absolute Gasteiger partial charge is 0.451 e.